The number of hydrogen-bond donors (Lipinski definition) is 1. The number of sulfonamides is 1. The number of nitro groups is 1. The maximum atomic E-state index is 12.8. The lowest BCUT2D eigenvalue weighted by atomic mass is 10.2. The Labute approximate surface area is 176 Å². The molecule has 1 aromatic carbocycles. The van der Waals surface area contributed by atoms with Gasteiger partial charge in [0.15, 0.2) is 11.6 Å². The van der Waals surface area contributed by atoms with Gasteiger partial charge in [0.05, 0.1) is 17.2 Å². The van der Waals surface area contributed by atoms with E-state index >= 15 is 0 Å². The van der Waals surface area contributed by atoms with Crippen LogP contribution in [0.3, 0.4) is 0 Å². The number of furan rings is 1. The van der Waals surface area contributed by atoms with Gasteiger partial charge in [-0.2, -0.15) is 19.2 Å². The van der Waals surface area contributed by atoms with Crippen LogP contribution in [0.5, 0.6) is 0 Å². The Morgan fingerprint density at radius 2 is 2.07 bits per heavy atom. The number of hydrogen-bond acceptors (Lipinski definition) is 8. The molecule has 0 amide bonds. The number of benzene rings is 1. The molecule has 3 aromatic rings. The maximum Gasteiger partial charge on any atom is 0.433 e. The first-order valence-corrected chi connectivity index (χ1v) is 10.7. The Morgan fingerprint density at radius 1 is 1.33 bits per heavy atom. The molecule has 2 aromatic heterocycles. The summed E-state index contributed by atoms with van der Waals surface area (Å²) in [4.78, 5) is 10.2. The minimum absolute atomic E-state index is 0.120. The predicted molar refractivity (Wildman–Crippen MR) is 111 cm³/mol. The topological polar surface area (TPSA) is 140 Å². The summed E-state index contributed by atoms with van der Waals surface area (Å²) in [7, 11) is -3.66. The van der Waals surface area contributed by atoms with Crippen LogP contribution in [0.2, 0.25) is 0 Å². The zero-order valence-corrected chi connectivity index (χ0v) is 17.7. The molecular formula is C17H18N6O5S2. The van der Waals surface area contributed by atoms with E-state index < -0.39 is 20.8 Å². The van der Waals surface area contributed by atoms with Gasteiger partial charge in [-0.15, -0.1) is 0 Å². The molecule has 0 spiro atoms. The summed E-state index contributed by atoms with van der Waals surface area (Å²) in [5, 5.41) is 21.6. The van der Waals surface area contributed by atoms with E-state index in [1.54, 1.807) is 26.0 Å². The molecule has 158 valence electrons. The minimum Gasteiger partial charge on any atom is -0.400 e. The smallest absolute Gasteiger partial charge is 0.400 e. The van der Waals surface area contributed by atoms with E-state index in [0.29, 0.717) is 18.7 Å². The molecule has 0 unspecified atom stereocenters. The van der Waals surface area contributed by atoms with E-state index in [9.17, 15) is 18.5 Å². The molecule has 0 fully saturated rings. The van der Waals surface area contributed by atoms with Crippen molar-refractivity contribution in [1.82, 2.24) is 19.2 Å². The highest BCUT2D eigenvalue weighted by Gasteiger charge is 2.22. The standard InChI is InChI=1S/C17H18N6O5S2/c1-3-21(4-2)30(26,27)14-7-5-6-12(10-14)16-19-20-17(29)22(16)18-11-13-8-9-15(28-13)23(24)25/h5-11H,3-4H2,1-2H3,(H,20,29). The molecule has 13 heteroatoms. The summed E-state index contributed by atoms with van der Waals surface area (Å²) < 4.78 is 33.4. The minimum atomic E-state index is -3.66. The molecule has 0 aliphatic carbocycles. The molecule has 0 aliphatic heterocycles. The molecule has 0 aliphatic rings. The number of aromatic nitrogens is 3. The van der Waals surface area contributed by atoms with Crippen LogP contribution in [0, 0.1) is 14.9 Å². The average Bonchev–Trinajstić information content (AvgIpc) is 3.34. The highest BCUT2D eigenvalue weighted by molar-refractivity contribution is 7.89. The summed E-state index contributed by atoms with van der Waals surface area (Å²) in [5.74, 6) is 0.00397. The van der Waals surface area contributed by atoms with Crippen LogP contribution < -0.4 is 0 Å². The molecule has 0 saturated carbocycles. The van der Waals surface area contributed by atoms with E-state index in [2.05, 4.69) is 15.3 Å². The first-order valence-electron chi connectivity index (χ1n) is 8.84. The Bertz CT molecular complexity index is 1250. The van der Waals surface area contributed by atoms with E-state index in [4.69, 9.17) is 16.6 Å². The lowest BCUT2D eigenvalue weighted by molar-refractivity contribution is -0.402. The van der Waals surface area contributed by atoms with Crippen molar-refractivity contribution >= 4 is 34.3 Å². The van der Waals surface area contributed by atoms with Crippen molar-refractivity contribution in [2.75, 3.05) is 13.1 Å². The summed E-state index contributed by atoms with van der Waals surface area (Å²) >= 11 is 5.19. The van der Waals surface area contributed by atoms with E-state index in [0.717, 1.165) is 0 Å². The van der Waals surface area contributed by atoms with Gasteiger partial charge in [0.1, 0.15) is 4.92 Å². The lowest BCUT2D eigenvalue weighted by Gasteiger charge is -2.18. The summed E-state index contributed by atoms with van der Waals surface area (Å²) in [6.07, 6.45) is 1.25. The predicted octanol–water partition coefficient (Wildman–Crippen LogP) is 3.02. The fourth-order valence-electron chi connectivity index (χ4n) is 2.72. The second-order valence-corrected chi connectivity index (χ2v) is 8.28. The van der Waals surface area contributed by atoms with Gasteiger partial charge in [-0.3, -0.25) is 10.1 Å². The third-order valence-corrected chi connectivity index (χ3v) is 6.49. The van der Waals surface area contributed by atoms with Gasteiger partial charge in [0, 0.05) is 18.7 Å². The molecule has 3 rings (SSSR count). The van der Waals surface area contributed by atoms with E-state index in [1.807, 2.05) is 0 Å². The molecule has 1 N–H and O–H groups in total. The van der Waals surface area contributed by atoms with Crippen LogP contribution in [-0.4, -0.2) is 51.8 Å². The largest absolute Gasteiger partial charge is 0.433 e. The van der Waals surface area contributed by atoms with Crippen molar-refractivity contribution in [2.45, 2.75) is 18.7 Å². The lowest BCUT2D eigenvalue weighted by Crippen LogP contribution is -2.30. The van der Waals surface area contributed by atoms with Crippen molar-refractivity contribution in [3.05, 3.63) is 57.0 Å². The second-order valence-electron chi connectivity index (χ2n) is 5.96. The van der Waals surface area contributed by atoms with E-state index in [-0.39, 0.29) is 21.3 Å². The van der Waals surface area contributed by atoms with Crippen molar-refractivity contribution < 1.29 is 17.8 Å². The van der Waals surface area contributed by atoms with Crippen molar-refractivity contribution in [3.8, 4) is 11.4 Å². The van der Waals surface area contributed by atoms with Crippen molar-refractivity contribution in [1.29, 1.82) is 0 Å². The van der Waals surface area contributed by atoms with Crippen molar-refractivity contribution in [2.24, 2.45) is 5.10 Å². The Balaban J connectivity index is 1.99. The van der Waals surface area contributed by atoms with Crippen LogP contribution in [0.15, 0.2) is 50.8 Å². The van der Waals surface area contributed by atoms with Gasteiger partial charge in [-0.05, 0) is 30.4 Å². The zero-order valence-electron chi connectivity index (χ0n) is 16.0. The summed E-state index contributed by atoms with van der Waals surface area (Å²) in [6.45, 7) is 4.23. The maximum absolute atomic E-state index is 12.8. The van der Waals surface area contributed by atoms with Gasteiger partial charge in [-0.25, -0.2) is 13.5 Å². The van der Waals surface area contributed by atoms with Gasteiger partial charge in [0.2, 0.25) is 14.8 Å². The van der Waals surface area contributed by atoms with Gasteiger partial charge >= 0.3 is 5.88 Å². The van der Waals surface area contributed by atoms with Crippen LogP contribution >= 0.6 is 12.2 Å². The molecular weight excluding hydrogens is 432 g/mol. The molecule has 11 nitrogen and oxygen atoms in total. The number of nitrogens with zero attached hydrogens (tertiary/aromatic N) is 5. The molecule has 30 heavy (non-hydrogen) atoms. The molecule has 2 heterocycles. The normalized spacial score (nSPS) is 12.1. The summed E-state index contributed by atoms with van der Waals surface area (Å²) in [5.41, 5.74) is 0.471. The third-order valence-electron chi connectivity index (χ3n) is 4.18. The molecule has 0 radical (unpaired) electrons. The highest BCUT2D eigenvalue weighted by atomic mass is 32.2. The first-order chi connectivity index (χ1) is 14.3. The van der Waals surface area contributed by atoms with E-state index in [1.165, 1.54) is 39.5 Å². The Hall–Kier alpha value is -3.16. The average molecular weight is 451 g/mol. The quantitative estimate of drug-likeness (QED) is 0.241. The monoisotopic (exact) mass is 450 g/mol. The van der Waals surface area contributed by atoms with Crippen LogP contribution in [0.4, 0.5) is 5.88 Å². The summed E-state index contributed by atoms with van der Waals surface area (Å²) in [6, 6.07) is 8.88. The molecule has 0 bridgehead atoms. The van der Waals surface area contributed by atoms with Gasteiger partial charge in [0.25, 0.3) is 0 Å². The van der Waals surface area contributed by atoms with Crippen LogP contribution in [0.1, 0.15) is 19.6 Å². The van der Waals surface area contributed by atoms with Crippen LogP contribution in [0.25, 0.3) is 11.4 Å². The fourth-order valence-corrected chi connectivity index (χ4v) is 4.40. The SMILES string of the molecule is CCN(CC)S(=O)(=O)c1cccc(-c2n[nH]c(=S)n2N=Cc2ccc([N+](=O)[O-])o2)c1. The highest BCUT2D eigenvalue weighted by Crippen LogP contribution is 2.23. The Morgan fingerprint density at radius 3 is 2.70 bits per heavy atom. The van der Waals surface area contributed by atoms with Gasteiger partial charge in [-0.1, -0.05) is 26.0 Å². The van der Waals surface area contributed by atoms with Crippen LogP contribution in [-0.2, 0) is 10.0 Å². The Kier molecular flexibility index (Phi) is 6.24. The number of nitrogens with one attached hydrogen (secondary N) is 1. The fraction of sp³-hybridized carbons (Fsp3) is 0.235. The second kappa shape index (κ2) is 8.69. The number of aromatic amines is 1. The number of rotatable bonds is 8. The van der Waals surface area contributed by atoms with Crippen molar-refractivity contribution in [3.63, 3.8) is 0 Å². The van der Waals surface area contributed by atoms with Gasteiger partial charge < -0.3 is 4.42 Å². The third kappa shape index (κ3) is 4.22. The molecule has 0 saturated heterocycles. The number of H-pyrrole nitrogens is 1. The molecule has 0 atom stereocenters. The zero-order chi connectivity index (χ0) is 21.9. The first kappa shape index (κ1) is 21.5.